The van der Waals surface area contributed by atoms with Crippen molar-refractivity contribution in [2.24, 2.45) is 0 Å². The molecule has 0 saturated carbocycles. The van der Waals surface area contributed by atoms with Gasteiger partial charge in [0.15, 0.2) is 11.6 Å². The number of methoxy groups -OCH3 is 1. The van der Waals surface area contributed by atoms with E-state index in [0.717, 1.165) is 7.94 Å². The Labute approximate surface area is 310 Å². The largest absolute Gasteiger partial charge is 0.497 e. The number of rotatable bonds is 7. The smallest absolute Gasteiger partial charge is 0.268 e. The SMILES string of the molecule is COc1ccc(S(=O)(=O)n2c(C3(O)C=CC(=O)C=C3)cc3ccccc32)cc1.O=C1C=CC(O)(c2cc3ccccc3n2S(=O)(=O)c2ccccc2)C=C1. The third kappa shape index (κ3) is 6.43. The van der Waals surface area contributed by atoms with E-state index in [1.54, 1.807) is 91.0 Å². The van der Waals surface area contributed by atoms with Crippen LogP contribution in [0.15, 0.2) is 174 Å². The van der Waals surface area contributed by atoms with E-state index < -0.39 is 31.2 Å². The van der Waals surface area contributed by atoms with Gasteiger partial charge in [0.25, 0.3) is 20.0 Å². The maximum absolute atomic E-state index is 13.5. The first kappa shape index (κ1) is 36.2. The summed E-state index contributed by atoms with van der Waals surface area (Å²) >= 11 is 0. The number of nitrogens with zero attached hydrogens (tertiary/aromatic N) is 2. The Bertz CT molecular complexity index is 2760. The van der Waals surface area contributed by atoms with Gasteiger partial charge in [-0.15, -0.1) is 0 Å². The van der Waals surface area contributed by atoms with Crippen LogP contribution in [-0.4, -0.2) is 53.7 Å². The van der Waals surface area contributed by atoms with E-state index in [0.29, 0.717) is 27.6 Å². The number of aromatic nitrogens is 2. The predicted octanol–water partition coefficient (Wildman–Crippen LogP) is 5.53. The summed E-state index contributed by atoms with van der Waals surface area (Å²) in [6, 6.07) is 31.3. The van der Waals surface area contributed by atoms with Crippen LogP contribution in [0, 0.1) is 0 Å². The lowest BCUT2D eigenvalue weighted by molar-refractivity contribution is -0.111. The average Bonchev–Trinajstić information content (AvgIpc) is 3.80. The molecule has 272 valence electrons. The van der Waals surface area contributed by atoms with Crippen LogP contribution in [0.5, 0.6) is 5.75 Å². The molecule has 13 heteroatoms. The van der Waals surface area contributed by atoms with Crippen LogP contribution in [0.3, 0.4) is 0 Å². The molecule has 0 aliphatic heterocycles. The standard InChI is InChI=1S/C21H17NO5S.C20H15NO4S/c1-27-17-6-8-18(9-7-17)28(25,26)22-19-5-3-2-4-15(19)14-20(22)21(24)12-10-16(23)11-13-21;22-16-10-12-20(23,13-11-16)19-14-15-6-4-5-9-18(15)21(19)26(24,25)17-7-2-1-3-8-17/h2-14,24H,1H3;1-14,23H. The van der Waals surface area contributed by atoms with E-state index in [1.165, 1.54) is 80.0 Å². The molecule has 2 aliphatic carbocycles. The molecule has 8 rings (SSSR count). The van der Waals surface area contributed by atoms with Crippen molar-refractivity contribution in [2.75, 3.05) is 7.11 Å². The third-order valence-electron chi connectivity index (χ3n) is 9.04. The van der Waals surface area contributed by atoms with Gasteiger partial charge in [0.05, 0.1) is 39.3 Å². The molecule has 2 N–H and O–H groups in total. The van der Waals surface area contributed by atoms with Gasteiger partial charge in [0.2, 0.25) is 0 Å². The Kier molecular flexibility index (Phi) is 9.19. The number of carbonyl (C=O) groups is 2. The topological polar surface area (TPSA) is 162 Å². The fourth-order valence-electron chi connectivity index (χ4n) is 6.29. The number of ether oxygens (including phenoxy) is 1. The lowest BCUT2D eigenvalue weighted by Crippen LogP contribution is -2.29. The molecular weight excluding hydrogens is 729 g/mol. The molecule has 0 spiro atoms. The van der Waals surface area contributed by atoms with Crippen LogP contribution < -0.4 is 4.74 Å². The highest BCUT2D eigenvalue weighted by Crippen LogP contribution is 2.37. The summed E-state index contributed by atoms with van der Waals surface area (Å²) in [4.78, 5) is 23.1. The normalized spacial score (nSPS) is 16.1. The van der Waals surface area contributed by atoms with Gasteiger partial charge in [-0.3, -0.25) is 9.59 Å². The van der Waals surface area contributed by atoms with Crippen LogP contribution in [0.25, 0.3) is 21.8 Å². The van der Waals surface area contributed by atoms with E-state index in [4.69, 9.17) is 4.74 Å². The summed E-state index contributed by atoms with van der Waals surface area (Å²) in [6.07, 6.45) is 10.1. The quantitative estimate of drug-likeness (QED) is 0.213. The molecule has 4 aromatic carbocycles. The molecule has 0 radical (unpaired) electrons. The van der Waals surface area contributed by atoms with Crippen molar-refractivity contribution in [1.82, 2.24) is 7.94 Å². The van der Waals surface area contributed by atoms with Gasteiger partial charge in [-0.25, -0.2) is 24.8 Å². The Hall–Kier alpha value is -6.12. The number of benzene rings is 4. The Balaban J connectivity index is 0.000000167. The third-order valence-corrected chi connectivity index (χ3v) is 12.5. The molecule has 0 bridgehead atoms. The van der Waals surface area contributed by atoms with Crippen LogP contribution in [0.1, 0.15) is 11.4 Å². The predicted molar refractivity (Wildman–Crippen MR) is 203 cm³/mol. The minimum absolute atomic E-state index is 0.0550. The van der Waals surface area contributed by atoms with Crippen molar-refractivity contribution >= 4 is 53.4 Å². The number of aliphatic hydroxyl groups is 2. The fourth-order valence-corrected chi connectivity index (χ4v) is 9.46. The number of carbonyl (C=O) groups excluding carboxylic acids is 2. The second-order valence-electron chi connectivity index (χ2n) is 12.5. The molecule has 2 heterocycles. The lowest BCUT2D eigenvalue weighted by Gasteiger charge is -2.24. The van der Waals surface area contributed by atoms with Crippen LogP contribution in [-0.2, 0) is 40.8 Å². The molecule has 2 aliphatic rings. The summed E-state index contributed by atoms with van der Waals surface area (Å²) in [6.45, 7) is 0. The van der Waals surface area contributed by atoms with Crippen molar-refractivity contribution in [3.8, 4) is 5.75 Å². The van der Waals surface area contributed by atoms with Gasteiger partial charge in [0.1, 0.15) is 17.0 Å². The van der Waals surface area contributed by atoms with E-state index in [1.807, 2.05) is 0 Å². The Morgan fingerprint density at radius 1 is 0.519 bits per heavy atom. The first-order valence-electron chi connectivity index (χ1n) is 16.5. The zero-order valence-electron chi connectivity index (χ0n) is 28.6. The molecule has 0 amide bonds. The van der Waals surface area contributed by atoms with Crippen LogP contribution >= 0.6 is 0 Å². The monoisotopic (exact) mass is 760 g/mol. The number of ketones is 2. The molecule has 6 aromatic rings. The minimum atomic E-state index is -4.03. The van der Waals surface area contributed by atoms with Crippen molar-refractivity contribution in [2.45, 2.75) is 21.0 Å². The second-order valence-corrected chi connectivity index (χ2v) is 16.1. The van der Waals surface area contributed by atoms with Gasteiger partial charge in [-0.1, -0.05) is 54.6 Å². The first-order chi connectivity index (χ1) is 25.8. The van der Waals surface area contributed by atoms with Crippen molar-refractivity contribution in [3.63, 3.8) is 0 Å². The highest BCUT2D eigenvalue weighted by molar-refractivity contribution is 7.90. The molecule has 2 aromatic heterocycles. The van der Waals surface area contributed by atoms with Crippen molar-refractivity contribution in [3.05, 3.63) is 175 Å². The average molecular weight is 761 g/mol. The van der Waals surface area contributed by atoms with E-state index >= 15 is 0 Å². The lowest BCUT2D eigenvalue weighted by atomic mass is 9.94. The number of fused-ring (bicyclic) bond motifs is 2. The number of allylic oxidation sites excluding steroid dienone is 4. The second kappa shape index (κ2) is 13.7. The zero-order valence-corrected chi connectivity index (χ0v) is 30.2. The Morgan fingerprint density at radius 2 is 0.889 bits per heavy atom. The molecule has 54 heavy (non-hydrogen) atoms. The minimum Gasteiger partial charge on any atom is -0.497 e. The maximum atomic E-state index is 13.5. The highest BCUT2D eigenvalue weighted by Gasteiger charge is 2.36. The molecule has 0 fully saturated rings. The van der Waals surface area contributed by atoms with Gasteiger partial charge in [-0.2, -0.15) is 0 Å². The number of para-hydroxylation sites is 2. The van der Waals surface area contributed by atoms with Gasteiger partial charge in [-0.05, 0) is 109 Å². The fraction of sp³-hybridized carbons (Fsp3) is 0.0732. The van der Waals surface area contributed by atoms with Crippen LogP contribution in [0.4, 0.5) is 0 Å². The van der Waals surface area contributed by atoms with Gasteiger partial charge < -0.3 is 14.9 Å². The van der Waals surface area contributed by atoms with E-state index in [2.05, 4.69) is 0 Å². The van der Waals surface area contributed by atoms with E-state index in [9.17, 15) is 36.6 Å². The summed E-state index contributed by atoms with van der Waals surface area (Å²) in [7, 11) is -6.48. The molecule has 0 saturated heterocycles. The number of hydrogen-bond donors (Lipinski definition) is 2. The first-order valence-corrected chi connectivity index (χ1v) is 19.4. The maximum Gasteiger partial charge on any atom is 0.268 e. The number of hydrogen-bond acceptors (Lipinski definition) is 9. The summed E-state index contributed by atoms with van der Waals surface area (Å²) in [5.41, 5.74) is -2.26. The van der Waals surface area contributed by atoms with Gasteiger partial charge >= 0.3 is 0 Å². The van der Waals surface area contributed by atoms with E-state index in [-0.39, 0.29) is 32.7 Å². The molecule has 11 nitrogen and oxygen atoms in total. The van der Waals surface area contributed by atoms with Crippen molar-refractivity contribution in [1.29, 1.82) is 0 Å². The highest BCUT2D eigenvalue weighted by atomic mass is 32.2. The van der Waals surface area contributed by atoms with Crippen LogP contribution in [0.2, 0.25) is 0 Å². The molecule has 0 atom stereocenters. The summed E-state index contributed by atoms with van der Waals surface area (Å²) < 4.78 is 60.9. The summed E-state index contributed by atoms with van der Waals surface area (Å²) in [5, 5.41) is 23.5. The van der Waals surface area contributed by atoms with Crippen molar-refractivity contribution < 1.29 is 41.4 Å². The van der Waals surface area contributed by atoms with Gasteiger partial charge in [0, 0.05) is 10.8 Å². The molecule has 0 unspecified atom stereocenters. The zero-order chi connectivity index (χ0) is 38.3. The molecular formula is C41H32N2O9S2. The summed E-state index contributed by atoms with van der Waals surface area (Å²) in [5.74, 6) is 0.000394. The Morgan fingerprint density at radius 3 is 1.30 bits per heavy atom.